The van der Waals surface area contributed by atoms with Gasteiger partial charge in [0.25, 0.3) is 5.69 Å². The highest BCUT2D eigenvalue weighted by atomic mass is 32.2. The summed E-state index contributed by atoms with van der Waals surface area (Å²) in [4.78, 5) is 9.92. The van der Waals surface area contributed by atoms with Gasteiger partial charge < -0.3 is 5.11 Å². The van der Waals surface area contributed by atoms with E-state index in [1.165, 1.54) is 18.2 Å². The highest BCUT2D eigenvalue weighted by molar-refractivity contribution is 7.91. The molecule has 1 aliphatic rings. The number of rotatable bonds is 2. The van der Waals surface area contributed by atoms with Crippen molar-refractivity contribution in [2.24, 2.45) is 0 Å². The highest BCUT2D eigenvalue weighted by Gasteiger charge is 2.29. The summed E-state index contributed by atoms with van der Waals surface area (Å²) in [6.45, 7) is 0. The molecule has 0 amide bonds. The molecule has 8 nitrogen and oxygen atoms in total. The Bertz CT molecular complexity index is 609. The summed E-state index contributed by atoms with van der Waals surface area (Å²) >= 11 is 0. The number of anilines is 1. The number of aliphatic hydroxyl groups excluding tert-OH is 1. The standard InChI is InChI=1S/C8H7N3O5S/c12-8-5-10(17(15,16)9-8)6-2-1-3-7(4-6)11(13)14/h1-5,9,12H. The summed E-state index contributed by atoms with van der Waals surface area (Å²) in [5.74, 6) is -0.545. The van der Waals surface area contributed by atoms with Gasteiger partial charge in [-0.3, -0.25) is 10.1 Å². The minimum Gasteiger partial charge on any atom is -0.493 e. The Balaban J connectivity index is 2.48. The van der Waals surface area contributed by atoms with Crippen LogP contribution in [0.4, 0.5) is 11.4 Å². The summed E-state index contributed by atoms with van der Waals surface area (Å²) < 4.78 is 25.5. The molecular formula is C8H7N3O5S. The molecule has 0 saturated carbocycles. The molecule has 1 heterocycles. The number of nitrogens with zero attached hydrogens (tertiary/aromatic N) is 2. The fourth-order valence-electron chi connectivity index (χ4n) is 1.35. The molecule has 1 aromatic rings. The Morgan fingerprint density at radius 2 is 2.12 bits per heavy atom. The fourth-order valence-corrected chi connectivity index (χ4v) is 2.39. The number of hydrogen-bond donors (Lipinski definition) is 2. The highest BCUT2D eigenvalue weighted by Crippen LogP contribution is 2.25. The first-order chi connectivity index (χ1) is 7.90. The van der Waals surface area contributed by atoms with E-state index in [1.807, 2.05) is 4.72 Å². The average molecular weight is 257 g/mol. The van der Waals surface area contributed by atoms with Crippen molar-refractivity contribution in [1.82, 2.24) is 4.72 Å². The molecule has 1 aliphatic heterocycles. The van der Waals surface area contributed by atoms with Crippen LogP contribution in [0.5, 0.6) is 0 Å². The smallest absolute Gasteiger partial charge is 0.330 e. The third kappa shape index (κ3) is 1.99. The molecule has 0 spiro atoms. The number of benzene rings is 1. The van der Waals surface area contributed by atoms with Crippen LogP contribution in [0.15, 0.2) is 36.3 Å². The zero-order valence-electron chi connectivity index (χ0n) is 8.27. The van der Waals surface area contributed by atoms with Crippen LogP contribution in [0.2, 0.25) is 0 Å². The van der Waals surface area contributed by atoms with Gasteiger partial charge in [-0.2, -0.15) is 8.42 Å². The first kappa shape index (κ1) is 11.2. The second kappa shape index (κ2) is 3.63. The molecule has 0 unspecified atom stereocenters. The Morgan fingerprint density at radius 3 is 2.65 bits per heavy atom. The van der Waals surface area contributed by atoms with Crippen LogP contribution >= 0.6 is 0 Å². The molecule has 0 atom stereocenters. The van der Waals surface area contributed by atoms with Crippen molar-refractivity contribution < 1.29 is 18.4 Å². The van der Waals surface area contributed by atoms with Crippen molar-refractivity contribution in [1.29, 1.82) is 0 Å². The van der Waals surface area contributed by atoms with Crippen molar-refractivity contribution >= 4 is 21.6 Å². The van der Waals surface area contributed by atoms with Gasteiger partial charge in [-0.25, -0.2) is 9.03 Å². The van der Waals surface area contributed by atoms with Crippen molar-refractivity contribution in [3.8, 4) is 0 Å². The Labute approximate surface area is 96.1 Å². The lowest BCUT2D eigenvalue weighted by atomic mass is 10.3. The molecule has 0 aromatic heterocycles. The van der Waals surface area contributed by atoms with E-state index in [9.17, 15) is 18.5 Å². The van der Waals surface area contributed by atoms with E-state index < -0.39 is 21.0 Å². The van der Waals surface area contributed by atoms with E-state index in [-0.39, 0.29) is 11.4 Å². The van der Waals surface area contributed by atoms with Gasteiger partial charge in [0, 0.05) is 12.1 Å². The SMILES string of the molecule is O=[N+]([O-])c1cccc(N2C=C(O)NS2(=O)=O)c1. The van der Waals surface area contributed by atoms with E-state index in [0.717, 1.165) is 16.6 Å². The van der Waals surface area contributed by atoms with Gasteiger partial charge in [0.2, 0.25) is 5.88 Å². The maximum absolute atomic E-state index is 11.5. The maximum Gasteiger partial charge on any atom is 0.330 e. The molecule has 0 aliphatic carbocycles. The third-order valence-electron chi connectivity index (χ3n) is 2.03. The summed E-state index contributed by atoms with van der Waals surface area (Å²) in [6.07, 6.45) is 0.925. The summed E-state index contributed by atoms with van der Waals surface area (Å²) in [6, 6.07) is 5.06. The first-order valence-corrected chi connectivity index (χ1v) is 5.81. The van der Waals surface area contributed by atoms with Crippen molar-refractivity contribution in [3.05, 3.63) is 46.5 Å². The second-order valence-corrected chi connectivity index (χ2v) is 4.74. The first-order valence-electron chi connectivity index (χ1n) is 4.37. The Kier molecular flexibility index (Phi) is 2.39. The van der Waals surface area contributed by atoms with Crippen LogP contribution in [-0.2, 0) is 10.2 Å². The van der Waals surface area contributed by atoms with Gasteiger partial charge in [0.05, 0.1) is 16.8 Å². The minimum absolute atomic E-state index is 0.0655. The van der Waals surface area contributed by atoms with Crippen LogP contribution in [0.1, 0.15) is 0 Å². The second-order valence-electron chi connectivity index (χ2n) is 3.19. The normalized spacial score (nSPS) is 17.4. The average Bonchev–Trinajstić information content (AvgIpc) is 2.52. The van der Waals surface area contributed by atoms with Gasteiger partial charge in [-0.1, -0.05) is 6.07 Å². The van der Waals surface area contributed by atoms with Gasteiger partial charge in [0.1, 0.15) is 0 Å². The number of nitro benzene ring substituents is 1. The van der Waals surface area contributed by atoms with Crippen molar-refractivity contribution in [2.75, 3.05) is 4.31 Å². The maximum atomic E-state index is 11.5. The van der Waals surface area contributed by atoms with E-state index in [4.69, 9.17) is 5.11 Å². The zero-order valence-corrected chi connectivity index (χ0v) is 9.09. The molecule has 1 aromatic carbocycles. The number of nitrogens with one attached hydrogen (secondary N) is 1. The van der Waals surface area contributed by atoms with Crippen molar-refractivity contribution in [2.45, 2.75) is 0 Å². The lowest BCUT2D eigenvalue weighted by Gasteiger charge is -2.13. The molecule has 9 heteroatoms. The summed E-state index contributed by atoms with van der Waals surface area (Å²) in [5.41, 5.74) is -0.173. The van der Waals surface area contributed by atoms with E-state index in [2.05, 4.69) is 0 Å². The molecule has 0 bridgehead atoms. The van der Waals surface area contributed by atoms with E-state index >= 15 is 0 Å². The lowest BCUT2D eigenvalue weighted by Crippen LogP contribution is -2.29. The number of non-ortho nitro benzene ring substituents is 1. The molecule has 0 radical (unpaired) electrons. The molecule has 0 fully saturated rings. The fraction of sp³-hybridized carbons (Fsp3) is 0. The number of hydrogen-bond acceptors (Lipinski definition) is 5. The van der Waals surface area contributed by atoms with Gasteiger partial charge in [0.15, 0.2) is 0 Å². The largest absolute Gasteiger partial charge is 0.493 e. The molecule has 2 rings (SSSR count). The molecule has 17 heavy (non-hydrogen) atoms. The number of nitro groups is 1. The molecular weight excluding hydrogens is 250 g/mol. The molecule has 90 valence electrons. The Morgan fingerprint density at radius 1 is 1.41 bits per heavy atom. The summed E-state index contributed by atoms with van der Waals surface area (Å²) in [5, 5.41) is 19.6. The molecule has 0 saturated heterocycles. The van der Waals surface area contributed by atoms with Crippen LogP contribution in [0, 0.1) is 10.1 Å². The van der Waals surface area contributed by atoms with Crippen LogP contribution in [0.3, 0.4) is 0 Å². The van der Waals surface area contributed by atoms with Gasteiger partial charge in [-0.05, 0) is 6.07 Å². The van der Waals surface area contributed by atoms with Gasteiger partial charge >= 0.3 is 10.2 Å². The predicted molar refractivity (Wildman–Crippen MR) is 58.3 cm³/mol. The quantitative estimate of drug-likeness (QED) is 0.595. The topological polar surface area (TPSA) is 113 Å². The van der Waals surface area contributed by atoms with Crippen LogP contribution in [0.25, 0.3) is 0 Å². The number of aliphatic hydroxyl groups is 1. The third-order valence-corrected chi connectivity index (χ3v) is 3.33. The van der Waals surface area contributed by atoms with E-state index in [1.54, 1.807) is 0 Å². The predicted octanol–water partition coefficient (Wildman–Crippen LogP) is 0.606. The van der Waals surface area contributed by atoms with Crippen LogP contribution in [-0.4, -0.2) is 18.4 Å². The van der Waals surface area contributed by atoms with Crippen molar-refractivity contribution in [3.63, 3.8) is 0 Å². The molecule has 2 N–H and O–H groups in total. The van der Waals surface area contributed by atoms with E-state index in [0.29, 0.717) is 0 Å². The monoisotopic (exact) mass is 257 g/mol. The van der Waals surface area contributed by atoms with Gasteiger partial charge in [-0.15, -0.1) is 0 Å². The summed E-state index contributed by atoms with van der Waals surface area (Å²) in [7, 11) is -3.91. The lowest BCUT2D eigenvalue weighted by molar-refractivity contribution is -0.384. The Hall–Kier alpha value is -2.29. The van der Waals surface area contributed by atoms with Crippen LogP contribution < -0.4 is 9.03 Å². The zero-order chi connectivity index (χ0) is 12.6. The minimum atomic E-state index is -3.91.